The summed E-state index contributed by atoms with van der Waals surface area (Å²) in [6.07, 6.45) is 0. The minimum Gasteiger partial charge on any atom is -0.480 e. The van der Waals surface area contributed by atoms with Crippen molar-refractivity contribution < 1.29 is 14.3 Å². The quantitative estimate of drug-likeness (QED) is 0.870. The van der Waals surface area contributed by atoms with Crippen LogP contribution in [0.25, 0.3) is 11.5 Å². The van der Waals surface area contributed by atoms with Crippen LogP contribution >= 0.6 is 23.4 Å². The molecule has 1 N–H and O–H groups in total. The molecule has 0 bridgehead atoms. The minimum absolute atomic E-state index is 0.231. The molecule has 7 heteroatoms. The van der Waals surface area contributed by atoms with Gasteiger partial charge >= 0.3 is 5.97 Å². The monoisotopic (exact) mass is 284 g/mol. The molecular formula is C11H9ClN2O3S. The summed E-state index contributed by atoms with van der Waals surface area (Å²) >= 11 is 6.78. The molecule has 1 heterocycles. The average Bonchev–Trinajstić information content (AvgIpc) is 2.78. The van der Waals surface area contributed by atoms with E-state index in [0.29, 0.717) is 10.9 Å². The number of rotatable bonds is 4. The molecule has 2 rings (SSSR count). The molecule has 0 saturated heterocycles. The van der Waals surface area contributed by atoms with E-state index < -0.39 is 11.2 Å². The summed E-state index contributed by atoms with van der Waals surface area (Å²) in [5.74, 6) is -0.585. The topological polar surface area (TPSA) is 76.2 Å². The van der Waals surface area contributed by atoms with Gasteiger partial charge in [0.25, 0.3) is 5.22 Å². The fourth-order valence-corrected chi connectivity index (χ4v) is 1.91. The first kappa shape index (κ1) is 12.9. The van der Waals surface area contributed by atoms with Gasteiger partial charge in [-0.05, 0) is 31.2 Å². The Morgan fingerprint density at radius 3 is 2.67 bits per heavy atom. The number of halogens is 1. The maximum Gasteiger partial charge on any atom is 0.316 e. The summed E-state index contributed by atoms with van der Waals surface area (Å²) in [7, 11) is 0. The molecule has 1 atom stereocenters. The minimum atomic E-state index is -0.925. The fraction of sp³-hybridized carbons (Fsp3) is 0.182. The predicted octanol–water partition coefficient (Wildman–Crippen LogP) is 2.96. The third kappa shape index (κ3) is 3.02. The van der Waals surface area contributed by atoms with Crippen molar-refractivity contribution in [2.75, 3.05) is 0 Å². The number of carbonyl (C=O) groups is 1. The summed E-state index contributed by atoms with van der Waals surface area (Å²) in [5.41, 5.74) is 0.738. The molecule has 2 aromatic rings. The third-order valence-electron chi connectivity index (χ3n) is 2.12. The van der Waals surface area contributed by atoms with Gasteiger partial charge in [0, 0.05) is 10.6 Å². The molecule has 0 amide bonds. The Balaban J connectivity index is 2.15. The lowest BCUT2D eigenvalue weighted by Crippen LogP contribution is -2.10. The van der Waals surface area contributed by atoms with Crippen LogP contribution in [0.2, 0.25) is 5.02 Å². The predicted molar refractivity (Wildman–Crippen MR) is 67.7 cm³/mol. The lowest BCUT2D eigenvalue weighted by Gasteiger charge is -1.99. The maximum atomic E-state index is 10.7. The van der Waals surface area contributed by atoms with Gasteiger partial charge in [0.05, 0.1) is 0 Å². The molecule has 0 aliphatic rings. The molecule has 94 valence electrons. The molecule has 1 aromatic carbocycles. The maximum absolute atomic E-state index is 10.7. The van der Waals surface area contributed by atoms with Gasteiger partial charge < -0.3 is 9.52 Å². The van der Waals surface area contributed by atoms with E-state index in [1.807, 2.05) is 0 Å². The van der Waals surface area contributed by atoms with Gasteiger partial charge in [0.15, 0.2) is 0 Å². The van der Waals surface area contributed by atoms with Crippen LogP contribution in [-0.2, 0) is 4.79 Å². The Hall–Kier alpha value is -1.53. The van der Waals surface area contributed by atoms with Gasteiger partial charge in [-0.15, -0.1) is 10.2 Å². The van der Waals surface area contributed by atoms with Gasteiger partial charge in [-0.25, -0.2) is 0 Å². The van der Waals surface area contributed by atoms with Gasteiger partial charge in [-0.1, -0.05) is 23.4 Å². The van der Waals surface area contributed by atoms with E-state index >= 15 is 0 Å². The number of aromatic nitrogens is 2. The standard InChI is InChI=1S/C11H9ClN2O3S/c1-6(10(15)16)18-11-14-13-9(17-11)7-2-4-8(12)5-3-7/h2-6H,1H3,(H,15,16). The summed E-state index contributed by atoms with van der Waals surface area (Å²) in [6.45, 7) is 1.55. The number of aliphatic carboxylic acids is 1. The Morgan fingerprint density at radius 2 is 2.06 bits per heavy atom. The first-order valence-corrected chi connectivity index (χ1v) is 6.31. The summed E-state index contributed by atoms with van der Waals surface area (Å²) in [6, 6.07) is 6.94. The molecule has 0 spiro atoms. The normalized spacial score (nSPS) is 12.3. The first-order chi connectivity index (χ1) is 8.56. The number of carboxylic acids is 1. The van der Waals surface area contributed by atoms with E-state index in [1.54, 1.807) is 31.2 Å². The van der Waals surface area contributed by atoms with Gasteiger partial charge in [-0.2, -0.15) is 0 Å². The van der Waals surface area contributed by atoms with Crippen molar-refractivity contribution in [3.8, 4) is 11.5 Å². The SMILES string of the molecule is CC(Sc1nnc(-c2ccc(Cl)cc2)o1)C(=O)O. The molecular weight excluding hydrogens is 276 g/mol. The third-order valence-corrected chi connectivity index (χ3v) is 3.30. The molecule has 1 unspecified atom stereocenters. The highest BCUT2D eigenvalue weighted by atomic mass is 35.5. The van der Waals surface area contributed by atoms with E-state index in [-0.39, 0.29) is 5.22 Å². The van der Waals surface area contributed by atoms with Crippen LogP contribution in [-0.4, -0.2) is 26.5 Å². The van der Waals surface area contributed by atoms with Crippen molar-refractivity contribution in [1.29, 1.82) is 0 Å². The smallest absolute Gasteiger partial charge is 0.316 e. The summed E-state index contributed by atoms with van der Waals surface area (Å²) in [4.78, 5) is 10.7. The molecule has 1 aromatic heterocycles. The van der Waals surface area contributed by atoms with Crippen LogP contribution in [0.4, 0.5) is 0 Å². The molecule has 0 aliphatic heterocycles. The van der Waals surface area contributed by atoms with Gasteiger partial charge in [0.1, 0.15) is 5.25 Å². The lowest BCUT2D eigenvalue weighted by molar-refractivity contribution is -0.136. The number of carboxylic acid groups (broad SMARTS) is 1. The van der Waals surface area contributed by atoms with Crippen LogP contribution in [0, 0.1) is 0 Å². The Morgan fingerprint density at radius 1 is 1.39 bits per heavy atom. The number of thioether (sulfide) groups is 1. The Kier molecular flexibility index (Phi) is 3.88. The number of hydrogen-bond acceptors (Lipinski definition) is 5. The number of hydrogen-bond donors (Lipinski definition) is 1. The fourth-order valence-electron chi connectivity index (χ4n) is 1.17. The van der Waals surface area contributed by atoms with Crippen LogP contribution in [0.1, 0.15) is 6.92 Å². The second-order valence-electron chi connectivity index (χ2n) is 3.48. The van der Waals surface area contributed by atoms with E-state index in [9.17, 15) is 4.79 Å². The van der Waals surface area contributed by atoms with Crippen molar-refractivity contribution >= 4 is 29.3 Å². The van der Waals surface area contributed by atoms with E-state index in [1.165, 1.54) is 0 Å². The lowest BCUT2D eigenvalue weighted by atomic mass is 10.2. The average molecular weight is 285 g/mol. The number of benzene rings is 1. The highest BCUT2D eigenvalue weighted by Gasteiger charge is 2.17. The zero-order chi connectivity index (χ0) is 13.1. The molecule has 0 saturated carbocycles. The first-order valence-electron chi connectivity index (χ1n) is 5.05. The van der Waals surface area contributed by atoms with E-state index in [2.05, 4.69) is 10.2 Å². The van der Waals surface area contributed by atoms with Gasteiger partial charge in [0.2, 0.25) is 5.89 Å². The highest BCUT2D eigenvalue weighted by molar-refractivity contribution is 8.00. The number of nitrogens with zero attached hydrogens (tertiary/aromatic N) is 2. The van der Waals surface area contributed by atoms with E-state index in [0.717, 1.165) is 17.3 Å². The summed E-state index contributed by atoms with van der Waals surface area (Å²) in [5, 5.41) is 16.6. The van der Waals surface area contributed by atoms with Crippen molar-refractivity contribution in [2.24, 2.45) is 0 Å². The molecule has 0 fully saturated rings. The van der Waals surface area contributed by atoms with Crippen molar-refractivity contribution in [3.63, 3.8) is 0 Å². The van der Waals surface area contributed by atoms with Crippen LogP contribution in [0.15, 0.2) is 33.9 Å². The van der Waals surface area contributed by atoms with Crippen LogP contribution < -0.4 is 0 Å². The molecule has 18 heavy (non-hydrogen) atoms. The van der Waals surface area contributed by atoms with Crippen LogP contribution in [0.3, 0.4) is 0 Å². The second kappa shape index (κ2) is 5.41. The van der Waals surface area contributed by atoms with Crippen molar-refractivity contribution in [2.45, 2.75) is 17.4 Å². The molecule has 5 nitrogen and oxygen atoms in total. The van der Waals surface area contributed by atoms with Crippen molar-refractivity contribution in [1.82, 2.24) is 10.2 Å². The van der Waals surface area contributed by atoms with Crippen molar-refractivity contribution in [3.05, 3.63) is 29.3 Å². The van der Waals surface area contributed by atoms with Gasteiger partial charge in [-0.3, -0.25) is 4.79 Å². The van der Waals surface area contributed by atoms with Crippen LogP contribution in [0.5, 0.6) is 0 Å². The summed E-state index contributed by atoms with van der Waals surface area (Å²) < 4.78 is 5.36. The molecule has 0 aliphatic carbocycles. The zero-order valence-corrected chi connectivity index (χ0v) is 10.9. The largest absolute Gasteiger partial charge is 0.480 e. The second-order valence-corrected chi connectivity index (χ2v) is 5.21. The Bertz CT molecular complexity index is 556. The molecule has 0 radical (unpaired) electrons. The van der Waals surface area contributed by atoms with E-state index in [4.69, 9.17) is 21.1 Å². The highest BCUT2D eigenvalue weighted by Crippen LogP contribution is 2.26. The Labute approximate surface area is 112 Å². The zero-order valence-electron chi connectivity index (χ0n) is 9.33.